The van der Waals surface area contributed by atoms with Crippen LogP contribution in [0.25, 0.3) is 16.8 Å². The number of phenols is 1. The van der Waals surface area contributed by atoms with E-state index in [0.717, 1.165) is 17.2 Å². The molecule has 2 aromatic rings. The lowest BCUT2D eigenvalue weighted by molar-refractivity contribution is 0.476. The molecule has 0 heterocycles. The van der Waals surface area contributed by atoms with Crippen molar-refractivity contribution in [2.45, 2.75) is 33.6 Å². The highest BCUT2D eigenvalue weighted by Gasteiger charge is 1.98. The van der Waals surface area contributed by atoms with Gasteiger partial charge in [0, 0.05) is 0 Å². The van der Waals surface area contributed by atoms with Crippen LogP contribution in [-0.4, -0.2) is 5.11 Å². The van der Waals surface area contributed by atoms with Crippen LogP contribution in [0.3, 0.4) is 0 Å². The molecule has 0 aliphatic carbocycles. The van der Waals surface area contributed by atoms with Crippen LogP contribution in [0.1, 0.15) is 39.2 Å². The van der Waals surface area contributed by atoms with Crippen molar-refractivity contribution >= 4 is 16.8 Å². The molecular weight excluding hydrogens is 256 g/mol. The molecule has 110 valence electrons. The first-order valence-corrected chi connectivity index (χ1v) is 7.59. The maximum Gasteiger partial charge on any atom is 0.116 e. The number of hydrogen-bond acceptors (Lipinski definition) is 1. The molecule has 1 heteroatoms. The average Bonchev–Trinajstić information content (AvgIpc) is 2.44. The lowest BCUT2D eigenvalue weighted by atomic mass is 10.0. The molecular formula is C20H24O. The summed E-state index contributed by atoms with van der Waals surface area (Å²) in [5, 5.41) is 11.7. The standard InChI is InChI=1S/C20H24O/c1-15(2)5-4-6-16(3)7-8-17-9-10-19-14-20(21)12-11-18(19)13-17/h5,7-14,16,21H,4,6H2,1-3H3. The molecule has 0 saturated heterocycles. The third kappa shape index (κ3) is 4.78. The van der Waals surface area contributed by atoms with E-state index in [9.17, 15) is 5.11 Å². The lowest BCUT2D eigenvalue weighted by Crippen LogP contribution is -1.88. The first kappa shape index (κ1) is 15.4. The van der Waals surface area contributed by atoms with Gasteiger partial charge in [-0.1, -0.05) is 48.9 Å². The van der Waals surface area contributed by atoms with E-state index in [1.54, 1.807) is 12.1 Å². The molecule has 0 radical (unpaired) electrons. The quantitative estimate of drug-likeness (QED) is 0.672. The Bertz CT molecular complexity index is 661. The molecule has 0 aliphatic heterocycles. The summed E-state index contributed by atoms with van der Waals surface area (Å²) in [5.74, 6) is 0.898. The van der Waals surface area contributed by atoms with Crippen molar-refractivity contribution in [1.29, 1.82) is 0 Å². The third-order valence-corrected chi connectivity index (χ3v) is 3.64. The van der Waals surface area contributed by atoms with Crippen molar-refractivity contribution in [2.24, 2.45) is 5.92 Å². The summed E-state index contributed by atoms with van der Waals surface area (Å²) in [4.78, 5) is 0. The number of hydrogen-bond donors (Lipinski definition) is 1. The Morgan fingerprint density at radius 2 is 1.81 bits per heavy atom. The first-order valence-electron chi connectivity index (χ1n) is 7.59. The summed E-state index contributed by atoms with van der Waals surface area (Å²) in [5.41, 5.74) is 2.60. The van der Waals surface area contributed by atoms with Gasteiger partial charge in [0.1, 0.15) is 5.75 Å². The second kappa shape index (κ2) is 7.12. The Hall–Kier alpha value is -2.02. The normalized spacial score (nSPS) is 12.7. The van der Waals surface area contributed by atoms with Crippen molar-refractivity contribution in [3.8, 4) is 5.75 Å². The molecule has 1 unspecified atom stereocenters. The van der Waals surface area contributed by atoms with Crippen molar-refractivity contribution in [2.75, 3.05) is 0 Å². The zero-order valence-electron chi connectivity index (χ0n) is 13.1. The maximum atomic E-state index is 9.48. The summed E-state index contributed by atoms with van der Waals surface area (Å²) in [7, 11) is 0. The Morgan fingerprint density at radius 1 is 1.10 bits per heavy atom. The molecule has 2 rings (SSSR count). The van der Waals surface area contributed by atoms with Crippen LogP contribution in [0.2, 0.25) is 0 Å². The van der Waals surface area contributed by atoms with E-state index in [4.69, 9.17) is 0 Å². The van der Waals surface area contributed by atoms with Crippen molar-refractivity contribution in [3.63, 3.8) is 0 Å². The van der Waals surface area contributed by atoms with Gasteiger partial charge >= 0.3 is 0 Å². The van der Waals surface area contributed by atoms with Crippen molar-refractivity contribution in [3.05, 3.63) is 59.7 Å². The number of benzene rings is 2. The molecule has 21 heavy (non-hydrogen) atoms. The average molecular weight is 280 g/mol. The Kier molecular flexibility index (Phi) is 5.21. The van der Waals surface area contributed by atoms with E-state index in [1.807, 2.05) is 6.07 Å². The van der Waals surface area contributed by atoms with E-state index in [-0.39, 0.29) is 0 Å². The monoisotopic (exact) mass is 280 g/mol. The highest BCUT2D eigenvalue weighted by molar-refractivity contribution is 5.85. The molecule has 0 saturated carbocycles. The van der Waals surface area contributed by atoms with E-state index in [2.05, 4.69) is 57.2 Å². The summed E-state index contributed by atoms with van der Waals surface area (Å²) in [6, 6.07) is 11.8. The predicted molar refractivity (Wildman–Crippen MR) is 92.5 cm³/mol. The summed E-state index contributed by atoms with van der Waals surface area (Å²) < 4.78 is 0. The Labute approximate surface area is 127 Å². The zero-order valence-corrected chi connectivity index (χ0v) is 13.1. The van der Waals surface area contributed by atoms with Crippen LogP contribution in [0, 0.1) is 5.92 Å². The molecule has 0 aliphatic rings. The Morgan fingerprint density at radius 3 is 2.57 bits per heavy atom. The SMILES string of the molecule is CC(C)=CCCC(C)C=Cc1ccc2cc(O)ccc2c1. The molecule has 2 aromatic carbocycles. The molecule has 0 spiro atoms. The van der Waals surface area contributed by atoms with Gasteiger partial charge in [-0.2, -0.15) is 0 Å². The molecule has 1 N–H and O–H groups in total. The fourth-order valence-electron chi connectivity index (χ4n) is 2.36. The Balaban J connectivity index is 2.03. The number of allylic oxidation sites excluding steroid dienone is 3. The van der Waals surface area contributed by atoms with Gasteiger partial charge in [-0.05, 0) is 67.1 Å². The first-order chi connectivity index (χ1) is 10.0. The zero-order chi connectivity index (χ0) is 15.2. The minimum absolute atomic E-state index is 0.318. The van der Waals surface area contributed by atoms with E-state index in [0.29, 0.717) is 11.7 Å². The molecule has 1 nitrogen and oxygen atoms in total. The van der Waals surface area contributed by atoms with Gasteiger partial charge in [0.25, 0.3) is 0 Å². The van der Waals surface area contributed by atoms with Gasteiger partial charge in [-0.25, -0.2) is 0 Å². The number of fused-ring (bicyclic) bond motifs is 1. The van der Waals surface area contributed by atoms with E-state index >= 15 is 0 Å². The number of phenolic OH excluding ortho intramolecular Hbond substituents is 1. The second-order valence-corrected chi connectivity index (χ2v) is 5.99. The van der Waals surface area contributed by atoms with Gasteiger partial charge < -0.3 is 5.11 Å². The molecule has 0 aromatic heterocycles. The fourth-order valence-corrected chi connectivity index (χ4v) is 2.36. The van der Waals surface area contributed by atoms with Gasteiger partial charge in [-0.15, -0.1) is 0 Å². The minimum atomic E-state index is 0.318. The van der Waals surface area contributed by atoms with Crippen LogP contribution in [0.5, 0.6) is 5.75 Å². The molecule has 0 amide bonds. The molecule has 0 fully saturated rings. The summed E-state index contributed by atoms with van der Waals surface area (Å²) in [6.07, 6.45) is 9.10. The van der Waals surface area contributed by atoms with Crippen LogP contribution in [-0.2, 0) is 0 Å². The summed E-state index contributed by atoms with van der Waals surface area (Å²) in [6.45, 7) is 6.55. The second-order valence-electron chi connectivity index (χ2n) is 5.99. The van der Waals surface area contributed by atoms with Crippen molar-refractivity contribution < 1.29 is 5.11 Å². The fraction of sp³-hybridized carbons (Fsp3) is 0.300. The number of aromatic hydroxyl groups is 1. The van der Waals surface area contributed by atoms with E-state index in [1.165, 1.54) is 17.6 Å². The number of rotatable bonds is 5. The van der Waals surface area contributed by atoms with Crippen LogP contribution in [0.15, 0.2) is 54.1 Å². The lowest BCUT2D eigenvalue weighted by Gasteiger charge is -2.05. The third-order valence-electron chi connectivity index (χ3n) is 3.64. The topological polar surface area (TPSA) is 20.2 Å². The van der Waals surface area contributed by atoms with Gasteiger partial charge in [0.05, 0.1) is 0 Å². The van der Waals surface area contributed by atoms with Gasteiger partial charge in [0.2, 0.25) is 0 Å². The van der Waals surface area contributed by atoms with Crippen LogP contribution >= 0.6 is 0 Å². The summed E-state index contributed by atoms with van der Waals surface area (Å²) >= 11 is 0. The van der Waals surface area contributed by atoms with Crippen LogP contribution in [0.4, 0.5) is 0 Å². The molecule has 0 bridgehead atoms. The smallest absolute Gasteiger partial charge is 0.116 e. The largest absolute Gasteiger partial charge is 0.508 e. The maximum absolute atomic E-state index is 9.48. The van der Waals surface area contributed by atoms with Gasteiger partial charge in [-0.3, -0.25) is 0 Å². The molecule has 1 atom stereocenters. The van der Waals surface area contributed by atoms with Gasteiger partial charge in [0.15, 0.2) is 0 Å². The van der Waals surface area contributed by atoms with Crippen LogP contribution < -0.4 is 0 Å². The minimum Gasteiger partial charge on any atom is -0.508 e. The van der Waals surface area contributed by atoms with E-state index < -0.39 is 0 Å². The highest BCUT2D eigenvalue weighted by Crippen LogP contribution is 2.22. The highest BCUT2D eigenvalue weighted by atomic mass is 16.3. The predicted octanol–water partition coefficient (Wildman–Crippen LogP) is 5.94. The van der Waals surface area contributed by atoms with Crippen molar-refractivity contribution in [1.82, 2.24) is 0 Å².